The number of carbonyl (C=O) groups excluding carboxylic acids is 2. The maximum atomic E-state index is 11.9. The quantitative estimate of drug-likeness (QED) is 0.0282. The predicted molar refractivity (Wildman–Crippen MR) is 202 cm³/mol. The zero-order chi connectivity index (χ0) is 30.6. The van der Waals surface area contributed by atoms with E-state index in [0.717, 1.165) is 47.8 Å². The van der Waals surface area contributed by atoms with E-state index < -0.39 is 0 Å². The van der Waals surface area contributed by atoms with Crippen LogP contribution in [0.3, 0.4) is 0 Å². The molecule has 0 amide bonds. The number of hydrogen-bond acceptors (Lipinski definition) is 6. The summed E-state index contributed by atoms with van der Waals surface area (Å²) in [5.41, 5.74) is 0. The molecular weight excluding hydrogens is 641 g/mol. The van der Waals surface area contributed by atoms with Crippen molar-refractivity contribution in [2.75, 3.05) is 0 Å². The maximum Gasteiger partial charge on any atom is 2.00 e. The first-order chi connectivity index (χ1) is 20.7. The van der Waals surface area contributed by atoms with E-state index >= 15 is 0 Å². The molecule has 0 heterocycles. The molecule has 0 spiro atoms. The molecule has 0 aromatic rings. The molecule has 0 N–H and O–H groups in total. The van der Waals surface area contributed by atoms with Gasteiger partial charge in [0.05, 0.1) is 0 Å². The summed E-state index contributed by atoms with van der Waals surface area (Å²) < 4.78 is 10.2. The molecule has 4 nitrogen and oxygen atoms in total. The zero-order valence-electron chi connectivity index (χ0n) is 33.5. The number of hydrogen-bond donors (Lipinski definition) is 0. The molecule has 258 valence electrons. The van der Waals surface area contributed by atoms with Gasteiger partial charge >= 0.3 is 87.4 Å². The molecule has 0 aliphatic rings. The summed E-state index contributed by atoms with van der Waals surface area (Å²) in [6.45, 7) is 4.55. The van der Waals surface area contributed by atoms with Gasteiger partial charge in [0, 0.05) is 12.8 Å². The van der Waals surface area contributed by atoms with Crippen molar-refractivity contribution in [3.63, 3.8) is 0 Å². The van der Waals surface area contributed by atoms with Gasteiger partial charge in [-0.3, -0.25) is 9.59 Å². The first-order valence-electron chi connectivity index (χ1n) is 18.4. The third kappa shape index (κ3) is 44.2. The van der Waals surface area contributed by atoms with Crippen molar-refractivity contribution in [1.29, 1.82) is 0 Å². The molecule has 0 unspecified atom stereocenters. The van der Waals surface area contributed by atoms with Crippen LogP contribution in [0.15, 0.2) is 0 Å². The number of rotatable bonds is 35. The second-order valence-corrected chi connectivity index (χ2v) is 13.9. The SMILES string of the molecule is CCCCCCCCCCCCCCCCCC(=O)OSSOC(=O)CCCCCCCCCCCCCCCCC.[Ca+2].[Ca+2].[H-].[H-].[H-].[H-]. The minimum Gasteiger partial charge on any atom is -1.00 e. The first kappa shape index (κ1) is 50.5. The third-order valence-corrected chi connectivity index (χ3v) is 9.39. The summed E-state index contributed by atoms with van der Waals surface area (Å²) in [6, 6.07) is 0. The summed E-state index contributed by atoms with van der Waals surface area (Å²) in [4.78, 5) is 23.7. The summed E-state index contributed by atoms with van der Waals surface area (Å²) in [5, 5.41) is 0. The fourth-order valence-corrected chi connectivity index (χ4v) is 6.46. The standard InChI is InChI=1S/C36H70O4S2.2Ca.4H/c1-3-5-7-9-11-13-15-17-19-21-23-25-27-29-31-33-35(37)39-41-42-40-36(38)34-32-30-28-26-24-22-20-18-16-14-12-10-8-6-4-2;;;;;;/h3-34H2,1-2H3;;;;;;/q;2*+2;4*-1. The fraction of sp³-hybridized carbons (Fsp3) is 0.944. The molecular formula is C36H74Ca2O4S2. The summed E-state index contributed by atoms with van der Waals surface area (Å²) in [5.74, 6) is -0.443. The van der Waals surface area contributed by atoms with Crippen LogP contribution in [0.1, 0.15) is 225 Å². The maximum absolute atomic E-state index is 11.9. The van der Waals surface area contributed by atoms with Crippen LogP contribution in [0.2, 0.25) is 0 Å². The Balaban J connectivity index is -0.000000560. The van der Waals surface area contributed by atoms with Crippen molar-refractivity contribution >= 4 is 110 Å². The van der Waals surface area contributed by atoms with Crippen LogP contribution in [-0.2, 0) is 18.0 Å². The molecule has 0 aromatic carbocycles. The summed E-state index contributed by atoms with van der Waals surface area (Å²) >= 11 is 1.73. The monoisotopic (exact) mass is 714 g/mol. The molecule has 0 rings (SSSR count). The molecule has 0 aliphatic carbocycles. The molecule has 0 bridgehead atoms. The Bertz CT molecular complexity index is 542. The number of carbonyl (C=O) groups is 2. The molecule has 0 aromatic heterocycles. The van der Waals surface area contributed by atoms with Crippen molar-refractivity contribution in [2.45, 2.75) is 219 Å². The van der Waals surface area contributed by atoms with E-state index in [9.17, 15) is 9.59 Å². The van der Waals surface area contributed by atoms with E-state index in [1.54, 1.807) is 0 Å². The van der Waals surface area contributed by atoms with Crippen LogP contribution < -0.4 is 0 Å². The van der Waals surface area contributed by atoms with Crippen LogP contribution in [-0.4, -0.2) is 87.4 Å². The van der Waals surface area contributed by atoms with Gasteiger partial charge < -0.3 is 14.1 Å². The molecule has 0 aliphatic heterocycles. The molecule has 0 fully saturated rings. The van der Waals surface area contributed by atoms with Gasteiger partial charge in [0.15, 0.2) is 22.1 Å². The number of unbranched alkanes of at least 4 members (excludes halogenated alkanes) is 28. The van der Waals surface area contributed by atoms with Crippen LogP contribution in [0.5, 0.6) is 0 Å². The second kappa shape index (κ2) is 45.2. The van der Waals surface area contributed by atoms with Gasteiger partial charge in [0.2, 0.25) is 0 Å². The third-order valence-electron chi connectivity index (χ3n) is 8.25. The van der Waals surface area contributed by atoms with Crippen molar-refractivity contribution in [3.8, 4) is 0 Å². The van der Waals surface area contributed by atoms with E-state index in [2.05, 4.69) is 13.8 Å². The topological polar surface area (TPSA) is 52.6 Å². The average Bonchev–Trinajstić information content (AvgIpc) is 2.99. The Hall–Kier alpha value is 2.16. The second-order valence-electron chi connectivity index (χ2n) is 12.4. The average molecular weight is 715 g/mol. The van der Waals surface area contributed by atoms with Crippen LogP contribution in [0.25, 0.3) is 0 Å². The van der Waals surface area contributed by atoms with Gasteiger partial charge in [0.1, 0.15) is 0 Å². The Morgan fingerprint density at radius 2 is 0.545 bits per heavy atom. The molecule has 8 heteroatoms. The van der Waals surface area contributed by atoms with E-state index in [0.29, 0.717) is 12.8 Å². The van der Waals surface area contributed by atoms with Crippen LogP contribution >= 0.6 is 22.1 Å². The van der Waals surface area contributed by atoms with Gasteiger partial charge in [-0.25, -0.2) is 0 Å². The largest absolute Gasteiger partial charge is 2.00 e. The van der Waals surface area contributed by atoms with Gasteiger partial charge in [-0.05, 0) is 12.8 Å². The van der Waals surface area contributed by atoms with Crippen molar-refractivity contribution < 1.29 is 23.7 Å². The zero-order valence-corrected chi connectivity index (χ0v) is 35.5. The Labute approximate surface area is 348 Å². The molecule has 0 saturated carbocycles. The normalized spacial score (nSPS) is 10.7. The minimum absolute atomic E-state index is 0. The van der Waals surface area contributed by atoms with E-state index in [1.165, 1.54) is 167 Å². The summed E-state index contributed by atoms with van der Waals surface area (Å²) in [7, 11) is 0. The Kier molecular flexibility index (Phi) is 51.9. The van der Waals surface area contributed by atoms with Gasteiger partial charge in [0.25, 0.3) is 0 Å². The minimum atomic E-state index is -0.222. The molecule has 44 heavy (non-hydrogen) atoms. The summed E-state index contributed by atoms with van der Waals surface area (Å²) in [6.07, 6.45) is 40.2. The van der Waals surface area contributed by atoms with Crippen molar-refractivity contribution in [2.24, 2.45) is 0 Å². The molecule has 0 atom stereocenters. The van der Waals surface area contributed by atoms with Gasteiger partial charge in [-0.2, -0.15) is 0 Å². The predicted octanol–water partition coefficient (Wildman–Crippen LogP) is 13.5. The van der Waals surface area contributed by atoms with Crippen LogP contribution in [0, 0.1) is 0 Å². The Morgan fingerprint density at radius 1 is 0.364 bits per heavy atom. The van der Waals surface area contributed by atoms with E-state index in [4.69, 9.17) is 8.37 Å². The van der Waals surface area contributed by atoms with Crippen LogP contribution in [0.4, 0.5) is 0 Å². The smallest absolute Gasteiger partial charge is 1.00 e. The van der Waals surface area contributed by atoms with Crippen molar-refractivity contribution in [1.82, 2.24) is 0 Å². The van der Waals surface area contributed by atoms with Gasteiger partial charge in [-0.1, -0.05) is 194 Å². The fourth-order valence-electron chi connectivity index (χ4n) is 5.47. The first-order valence-corrected chi connectivity index (χ1v) is 20.4. The van der Waals surface area contributed by atoms with E-state index in [-0.39, 0.29) is 93.1 Å². The Morgan fingerprint density at radius 3 is 0.750 bits per heavy atom. The molecule has 0 radical (unpaired) electrons. The van der Waals surface area contributed by atoms with E-state index in [1.807, 2.05) is 0 Å². The van der Waals surface area contributed by atoms with Crippen molar-refractivity contribution in [3.05, 3.63) is 0 Å². The van der Waals surface area contributed by atoms with Gasteiger partial charge in [-0.15, -0.1) is 0 Å². The molecule has 0 saturated heterocycles.